The van der Waals surface area contributed by atoms with Gasteiger partial charge in [0.05, 0.1) is 6.04 Å². The van der Waals surface area contributed by atoms with Crippen LogP contribution in [0.3, 0.4) is 0 Å². The fraction of sp³-hybridized carbons (Fsp3) is 0.500. The molecule has 0 fully saturated rings. The first-order valence-electron chi connectivity index (χ1n) is 5.45. The van der Waals surface area contributed by atoms with E-state index >= 15 is 0 Å². The van der Waals surface area contributed by atoms with E-state index in [-0.39, 0.29) is 11.8 Å². The first kappa shape index (κ1) is 12.6. The second kappa shape index (κ2) is 5.61. The van der Waals surface area contributed by atoms with E-state index in [1.807, 2.05) is 26.8 Å². The maximum atomic E-state index is 11.6. The minimum absolute atomic E-state index is 0.113. The standard InChI is InChI=1S/C12H19N3O/c1-8(2)11(13)12(16)15-7-10-6-14-5-4-9(10)3/h4-6,8,11H,7,13H2,1-3H3,(H,15,16)/t11-/m0/s1. The molecule has 1 amide bonds. The third-order valence-corrected chi connectivity index (χ3v) is 2.62. The Kier molecular flexibility index (Phi) is 4.43. The number of nitrogens with zero attached hydrogens (tertiary/aromatic N) is 1. The lowest BCUT2D eigenvalue weighted by atomic mass is 10.0. The summed E-state index contributed by atoms with van der Waals surface area (Å²) in [7, 11) is 0. The molecule has 1 aromatic rings. The number of hydrogen-bond donors (Lipinski definition) is 2. The van der Waals surface area contributed by atoms with Gasteiger partial charge in [-0.05, 0) is 30.0 Å². The van der Waals surface area contributed by atoms with Crippen LogP contribution in [-0.2, 0) is 11.3 Å². The van der Waals surface area contributed by atoms with Crippen molar-refractivity contribution in [3.05, 3.63) is 29.6 Å². The zero-order chi connectivity index (χ0) is 12.1. The maximum absolute atomic E-state index is 11.6. The van der Waals surface area contributed by atoms with E-state index in [2.05, 4.69) is 10.3 Å². The lowest BCUT2D eigenvalue weighted by molar-refractivity contribution is -0.123. The average molecular weight is 221 g/mol. The third kappa shape index (κ3) is 3.31. The molecular formula is C12H19N3O. The molecule has 0 aliphatic rings. The van der Waals surface area contributed by atoms with Gasteiger partial charge in [0.1, 0.15) is 0 Å². The number of nitrogens with one attached hydrogen (secondary N) is 1. The molecule has 1 heterocycles. The van der Waals surface area contributed by atoms with Crippen molar-refractivity contribution in [1.82, 2.24) is 10.3 Å². The fourth-order valence-electron chi connectivity index (χ4n) is 1.28. The van der Waals surface area contributed by atoms with Crippen molar-refractivity contribution in [3.8, 4) is 0 Å². The van der Waals surface area contributed by atoms with Crippen molar-refractivity contribution in [2.75, 3.05) is 0 Å². The summed E-state index contributed by atoms with van der Waals surface area (Å²) in [6, 6.07) is 1.47. The summed E-state index contributed by atoms with van der Waals surface area (Å²) in [5.41, 5.74) is 7.87. The summed E-state index contributed by atoms with van der Waals surface area (Å²) in [6.07, 6.45) is 3.50. The fourth-order valence-corrected chi connectivity index (χ4v) is 1.28. The molecule has 0 aromatic carbocycles. The van der Waals surface area contributed by atoms with Crippen LogP contribution < -0.4 is 11.1 Å². The van der Waals surface area contributed by atoms with Crippen LogP contribution in [-0.4, -0.2) is 16.9 Å². The van der Waals surface area contributed by atoms with Gasteiger partial charge in [0.2, 0.25) is 5.91 Å². The Labute approximate surface area is 96.3 Å². The molecule has 1 atom stereocenters. The van der Waals surface area contributed by atoms with Gasteiger partial charge in [0.15, 0.2) is 0 Å². The van der Waals surface area contributed by atoms with E-state index < -0.39 is 6.04 Å². The summed E-state index contributed by atoms with van der Waals surface area (Å²) in [5, 5.41) is 2.82. The van der Waals surface area contributed by atoms with Crippen molar-refractivity contribution in [1.29, 1.82) is 0 Å². The van der Waals surface area contributed by atoms with E-state index in [9.17, 15) is 4.79 Å². The van der Waals surface area contributed by atoms with Crippen molar-refractivity contribution >= 4 is 5.91 Å². The SMILES string of the molecule is Cc1ccncc1CNC(=O)[C@@H](N)C(C)C. The number of rotatable bonds is 4. The number of carbonyl (C=O) groups is 1. The molecule has 0 saturated heterocycles. The summed E-state index contributed by atoms with van der Waals surface area (Å²) in [6.45, 7) is 6.34. The molecule has 0 unspecified atom stereocenters. The van der Waals surface area contributed by atoms with E-state index in [4.69, 9.17) is 5.73 Å². The predicted molar refractivity (Wildman–Crippen MR) is 63.6 cm³/mol. The molecule has 0 aliphatic carbocycles. The zero-order valence-corrected chi connectivity index (χ0v) is 10.0. The van der Waals surface area contributed by atoms with Crippen molar-refractivity contribution in [3.63, 3.8) is 0 Å². The molecule has 1 aromatic heterocycles. The van der Waals surface area contributed by atoms with Crippen LogP contribution in [0.25, 0.3) is 0 Å². The van der Waals surface area contributed by atoms with Crippen LogP contribution in [0.15, 0.2) is 18.5 Å². The molecule has 0 spiro atoms. The lowest BCUT2D eigenvalue weighted by Crippen LogP contribution is -2.43. The summed E-state index contributed by atoms with van der Waals surface area (Å²) in [4.78, 5) is 15.6. The van der Waals surface area contributed by atoms with Crippen molar-refractivity contribution < 1.29 is 4.79 Å². The molecule has 1 rings (SSSR count). The Morgan fingerprint density at radius 3 is 2.81 bits per heavy atom. The minimum Gasteiger partial charge on any atom is -0.351 e. The topological polar surface area (TPSA) is 68.0 Å². The monoisotopic (exact) mass is 221 g/mol. The van der Waals surface area contributed by atoms with E-state index in [1.165, 1.54) is 0 Å². The second-order valence-corrected chi connectivity index (χ2v) is 4.29. The molecule has 0 bridgehead atoms. The van der Waals surface area contributed by atoms with Crippen molar-refractivity contribution in [2.45, 2.75) is 33.4 Å². The quantitative estimate of drug-likeness (QED) is 0.796. The molecular weight excluding hydrogens is 202 g/mol. The smallest absolute Gasteiger partial charge is 0.237 e. The second-order valence-electron chi connectivity index (χ2n) is 4.29. The molecule has 0 aliphatic heterocycles. The predicted octanol–water partition coefficient (Wildman–Crippen LogP) is 0.990. The average Bonchev–Trinajstić information content (AvgIpc) is 2.26. The van der Waals surface area contributed by atoms with Crippen LogP contribution in [0, 0.1) is 12.8 Å². The van der Waals surface area contributed by atoms with Gasteiger partial charge in [-0.2, -0.15) is 0 Å². The Morgan fingerprint density at radius 1 is 1.56 bits per heavy atom. The van der Waals surface area contributed by atoms with Crippen LogP contribution >= 0.6 is 0 Å². The van der Waals surface area contributed by atoms with Gasteiger partial charge in [-0.1, -0.05) is 13.8 Å². The Balaban J connectivity index is 2.52. The Morgan fingerprint density at radius 2 is 2.25 bits per heavy atom. The highest BCUT2D eigenvalue weighted by atomic mass is 16.2. The number of aryl methyl sites for hydroxylation is 1. The Hall–Kier alpha value is -1.42. The van der Waals surface area contributed by atoms with Gasteiger partial charge in [0.25, 0.3) is 0 Å². The first-order valence-corrected chi connectivity index (χ1v) is 5.45. The van der Waals surface area contributed by atoms with Crippen LogP contribution in [0.4, 0.5) is 0 Å². The largest absolute Gasteiger partial charge is 0.351 e. The normalized spacial score (nSPS) is 12.6. The summed E-state index contributed by atoms with van der Waals surface area (Å²) >= 11 is 0. The molecule has 4 heteroatoms. The number of aromatic nitrogens is 1. The van der Waals surface area contributed by atoms with Crippen LogP contribution in [0.2, 0.25) is 0 Å². The van der Waals surface area contributed by atoms with Gasteiger partial charge in [-0.3, -0.25) is 9.78 Å². The van der Waals surface area contributed by atoms with Gasteiger partial charge < -0.3 is 11.1 Å². The molecule has 16 heavy (non-hydrogen) atoms. The highest BCUT2D eigenvalue weighted by Gasteiger charge is 2.16. The minimum atomic E-state index is -0.447. The van der Waals surface area contributed by atoms with E-state index in [0.29, 0.717) is 6.54 Å². The number of carbonyl (C=O) groups excluding carboxylic acids is 1. The highest BCUT2D eigenvalue weighted by molar-refractivity contribution is 5.81. The van der Waals surface area contributed by atoms with E-state index in [1.54, 1.807) is 12.4 Å². The number of hydrogen-bond acceptors (Lipinski definition) is 3. The van der Waals surface area contributed by atoms with Gasteiger partial charge >= 0.3 is 0 Å². The third-order valence-electron chi connectivity index (χ3n) is 2.62. The van der Waals surface area contributed by atoms with Crippen LogP contribution in [0.5, 0.6) is 0 Å². The maximum Gasteiger partial charge on any atom is 0.237 e. The first-order chi connectivity index (χ1) is 7.52. The zero-order valence-electron chi connectivity index (χ0n) is 10.0. The number of nitrogens with two attached hydrogens (primary N) is 1. The molecule has 88 valence electrons. The van der Waals surface area contributed by atoms with Gasteiger partial charge in [0, 0.05) is 18.9 Å². The number of pyridine rings is 1. The molecule has 0 saturated carbocycles. The highest BCUT2D eigenvalue weighted by Crippen LogP contribution is 2.05. The molecule has 4 nitrogen and oxygen atoms in total. The lowest BCUT2D eigenvalue weighted by Gasteiger charge is -2.15. The summed E-state index contributed by atoms with van der Waals surface area (Å²) in [5.74, 6) is 0.0354. The van der Waals surface area contributed by atoms with Crippen molar-refractivity contribution in [2.24, 2.45) is 11.7 Å². The number of amides is 1. The Bertz CT molecular complexity index is 363. The molecule has 3 N–H and O–H groups in total. The van der Waals surface area contributed by atoms with E-state index in [0.717, 1.165) is 11.1 Å². The molecule has 0 radical (unpaired) electrons. The summed E-state index contributed by atoms with van der Waals surface area (Å²) < 4.78 is 0. The van der Waals surface area contributed by atoms with Gasteiger partial charge in [-0.15, -0.1) is 0 Å². The van der Waals surface area contributed by atoms with Crippen LogP contribution in [0.1, 0.15) is 25.0 Å². The van der Waals surface area contributed by atoms with Gasteiger partial charge in [-0.25, -0.2) is 0 Å².